The number of hydrogen-bond acceptors (Lipinski definition) is 3. The van der Waals surface area contributed by atoms with Crippen LogP contribution in [-0.4, -0.2) is 50.5 Å². The molecule has 33 heavy (non-hydrogen) atoms. The second kappa shape index (κ2) is 8.72. The van der Waals surface area contributed by atoms with Crippen molar-refractivity contribution in [2.24, 2.45) is 5.92 Å². The number of likely N-dealkylation sites (tertiary alicyclic amines) is 1. The van der Waals surface area contributed by atoms with E-state index in [1.165, 1.54) is 23.1 Å². The number of halogens is 4. The van der Waals surface area contributed by atoms with Gasteiger partial charge in [0.25, 0.3) is 5.92 Å². The number of sulfonamides is 1. The van der Waals surface area contributed by atoms with E-state index in [-0.39, 0.29) is 36.9 Å². The van der Waals surface area contributed by atoms with Crippen molar-refractivity contribution in [1.29, 1.82) is 0 Å². The van der Waals surface area contributed by atoms with Crippen molar-refractivity contribution in [3.63, 3.8) is 0 Å². The molecule has 1 heterocycles. The predicted molar refractivity (Wildman–Crippen MR) is 115 cm³/mol. The molecule has 0 radical (unpaired) electrons. The Morgan fingerprint density at radius 2 is 1.73 bits per heavy atom. The highest BCUT2D eigenvalue weighted by molar-refractivity contribution is 7.88. The van der Waals surface area contributed by atoms with Crippen LogP contribution in [0.25, 0.3) is 11.1 Å². The number of amides is 1. The van der Waals surface area contributed by atoms with Gasteiger partial charge in [0, 0.05) is 25.4 Å². The van der Waals surface area contributed by atoms with Crippen LogP contribution in [0.5, 0.6) is 0 Å². The van der Waals surface area contributed by atoms with Gasteiger partial charge in [-0.2, -0.15) is 0 Å². The van der Waals surface area contributed by atoms with Crippen LogP contribution >= 0.6 is 0 Å². The summed E-state index contributed by atoms with van der Waals surface area (Å²) >= 11 is 0. The van der Waals surface area contributed by atoms with Crippen molar-refractivity contribution in [1.82, 2.24) is 9.62 Å². The number of carbonyl (C=O) groups is 1. The lowest BCUT2D eigenvalue weighted by molar-refractivity contribution is -0.132. The van der Waals surface area contributed by atoms with E-state index >= 15 is 0 Å². The molecule has 1 saturated carbocycles. The molecule has 5 nitrogen and oxygen atoms in total. The van der Waals surface area contributed by atoms with E-state index in [9.17, 15) is 30.8 Å². The largest absolute Gasteiger partial charge is 0.342 e. The average Bonchev–Trinajstić information content (AvgIpc) is 3.53. The van der Waals surface area contributed by atoms with Gasteiger partial charge in [-0.15, -0.1) is 0 Å². The number of hydrogen-bond donors (Lipinski definition) is 1. The molecule has 0 aromatic heterocycles. The monoisotopic (exact) mass is 484 g/mol. The van der Waals surface area contributed by atoms with Gasteiger partial charge in [-0.05, 0) is 42.0 Å². The fourth-order valence-corrected chi connectivity index (χ4v) is 5.35. The Hall–Kier alpha value is -2.46. The van der Waals surface area contributed by atoms with Crippen LogP contribution in [0.2, 0.25) is 0 Å². The summed E-state index contributed by atoms with van der Waals surface area (Å²) in [5.74, 6) is -5.75. The fourth-order valence-electron chi connectivity index (χ4n) is 4.54. The van der Waals surface area contributed by atoms with E-state index in [4.69, 9.17) is 0 Å². The first-order chi connectivity index (χ1) is 15.5. The Morgan fingerprint density at radius 3 is 2.39 bits per heavy atom. The zero-order valence-corrected chi connectivity index (χ0v) is 18.7. The van der Waals surface area contributed by atoms with Crippen molar-refractivity contribution >= 4 is 15.9 Å². The van der Waals surface area contributed by atoms with E-state index < -0.39 is 46.0 Å². The van der Waals surface area contributed by atoms with Crippen LogP contribution in [0.4, 0.5) is 17.6 Å². The number of nitrogens with zero attached hydrogens (tertiary/aromatic N) is 1. The van der Waals surface area contributed by atoms with E-state index in [1.807, 2.05) is 4.72 Å². The number of alkyl halides is 2. The molecule has 2 aromatic carbocycles. The maximum Gasteiger partial charge on any atom is 0.265 e. The molecule has 1 saturated heterocycles. The zero-order valence-electron chi connectivity index (χ0n) is 17.9. The van der Waals surface area contributed by atoms with Crippen molar-refractivity contribution in [3.05, 3.63) is 59.7 Å². The van der Waals surface area contributed by atoms with Gasteiger partial charge in [0.05, 0.1) is 17.9 Å². The lowest BCUT2D eigenvalue weighted by Crippen LogP contribution is -2.47. The molecular formula is C23H24F4N2O3S. The highest BCUT2D eigenvalue weighted by Crippen LogP contribution is 2.51. The quantitative estimate of drug-likeness (QED) is 0.655. The molecule has 0 bridgehead atoms. The summed E-state index contributed by atoms with van der Waals surface area (Å²) in [5.41, 5.74) is 0.847. The highest BCUT2D eigenvalue weighted by atomic mass is 32.2. The minimum absolute atomic E-state index is 0.00554. The minimum Gasteiger partial charge on any atom is -0.342 e. The van der Waals surface area contributed by atoms with Gasteiger partial charge in [-0.1, -0.05) is 30.3 Å². The van der Waals surface area contributed by atoms with Gasteiger partial charge in [-0.25, -0.2) is 30.7 Å². The topological polar surface area (TPSA) is 66.5 Å². The summed E-state index contributed by atoms with van der Waals surface area (Å²) in [6.45, 7) is -0.199. The van der Waals surface area contributed by atoms with E-state index in [0.29, 0.717) is 17.5 Å². The molecule has 0 spiro atoms. The number of benzene rings is 2. The number of nitrogens with one attached hydrogen (secondary N) is 1. The van der Waals surface area contributed by atoms with Gasteiger partial charge < -0.3 is 4.90 Å². The van der Waals surface area contributed by atoms with Crippen LogP contribution in [0.3, 0.4) is 0 Å². The molecule has 1 aliphatic carbocycles. The molecule has 0 unspecified atom stereocenters. The number of rotatable bonds is 5. The lowest BCUT2D eigenvalue weighted by Gasteiger charge is -2.24. The van der Waals surface area contributed by atoms with Gasteiger partial charge in [0.15, 0.2) is 0 Å². The summed E-state index contributed by atoms with van der Waals surface area (Å²) in [4.78, 5) is 14.4. The summed E-state index contributed by atoms with van der Waals surface area (Å²) in [6, 6.07) is 8.76. The molecule has 1 amide bonds. The third-order valence-electron chi connectivity index (χ3n) is 6.28. The van der Waals surface area contributed by atoms with Gasteiger partial charge in [0.2, 0.25) is 15.9 Å². The maximum absolute atomic E-state index is 14.4. The highest BCUT2D eigenvalue weighted by Gasteiger charge is 2.49. The molecule has 2 aliphatic rings. The molecule has 178 valence electrons. The average molecular weight is 485 g/mol. The first kappa shape index (κ1) is 23.7. The van der Waals surface area contributed by atoms with Crippen LogP contribution in [0, 0.1) is 17.6 Å². The normalized spacial score (nSPS) is 24.9. The standard InChI is InChI=1S/C23H24F4N2O3S/c1-33(31,32)28-20-9-11-29(12-10-23(20,26)27)22(30)17-13-16(17)14-5-2-3-6-15(14)21-18(24)7-4-8-19(21)25/h2-8,16-17,20,28H,9-13H2,1H3/t16-,17+,20-/m0/s1. The molecular weight excluding hydrogens is 460 g/mol. The summed E-state index contributed by atoms with van der Waals surface area (Å²) < 4.78 is 82.5. The second-order valence-corrected chi connectivity index (χ2v) is 10.5. The Balaban J connectivity index is 1.51. The van der Waals surface area contributed by atoms with Gasteiger partial charge in [-0.3, -0.25) is 4.79 Å². The third-order valence-corrected chi connectivity index (χ3v) is 6.99. The summed E-state index contributed by atoms with van der Waals surface area (Å²) in [7, 11) is -3.83. The van der Waals surface area contributed by atoms with E-state index in [0.717, 1.165) is 6.26 Å². The Labute approximate surface area is 189 Å². The van der Waals surface area contributed by atoms with E-state index in [1.54, 1.807) is 24.3 Å². The maximum atomic E-state index is 14.4. The van der Waals surface area contributed by atoms with Crippen LogP contribution in [0.15, 0.2) is 42.5 Å². The minimum atomic E-state index is -3.83. The fraction of sp³-hybridized carbons (Fsp3) is 0.435. The molecule has 1 N–H and O–H groups in total. The third kappa shape index (κ3) is 5.06. The number of carbonyl (C=O) groups excluding carboxylic acids is 1. The SMILES string of the molecule is CS(=O)(=O)N[C@H]1CCN(C(=O)[C@@H]2C[C@H]2c2ccccc2-c2c(F)cccc2F)CCC1(F)F. The van der Waals surface area contributed by atoms with Gasteiger partial charge in [0.1, 0.15) is 11.6 Å². The van der Waals surface area contributed by atoms with E-state index in [2.05, 4.69) is 0 Å². The van der Waals surface area contributed by atoms with Crippen LogP contribution in [0.1, 0.15) is 30.7 Å². The summed E-state index contributed by atoms with van der Waals surface area (Å²) in [5, 5.41) is 0. The van der Waals surface area contributed by atoms with Crippen molar-refractivity contribution in [2.75, 3.05) is 19.3 Å². The predicted octanol–water partition coefficient (Wildman–Crippen LogP) is 3.91. The first-order valence-corrected chi connectivity index (χ1v) is 12.5. The Bertz CT molecular complexity index is 1150. The van der Waals surface area contributed by atoms with Crippen molar-refractivity contribution in [3.8, 4) is 11.1 Å². The van der Waals surface area contributed by atoms with Crippen molar-refractivity contribution in [2.45, 2.75) is 37.1 Å². The molecule has 4 rings (SSSR count). The molecule has 10 heteroatoms. The second-order valence-electron chi connectivity index (χ2n) is 8.70. The van der Waals surface area contributed by atoms with Crippen LogP contribution < -0.4 is 4.72 Å². The Kier molecular flexibility index (Phi) is 6.26. The van der Waals surface area contributed by atoms with Crippen molar-refractivity contribution < 1.29 is 30.8 Å². The molecule has 1 aliphatic heterocycles. The Morgan fingerprint density at radius 1 is 1.06 bits per heavy atom. The first-order valence-electron chi connectivity index (χ1n) is 10.6. The summed E-state index contributed by atoms with van der Waals surface area (Å²) in [6.07, 6.45) is 0.409. The van der Waals surface area contributed by atoms with Crippen LogP contribution in [-0.2, 0) is 14.8 Å². The van der Waals surface area contributed by atoms with Gasteiger partial charge >= 0.3 is 0 Å². The zero-order chi connectivity index (χ0) is 24.0. The molecule has 2 aromatic rings. The molecule has 2 fully saturated rings. The lowest BCUT2D eigenvalue weighted by atomic mass is 9.95. The molecule has 3 atom stereocenters. The smallest absolute Gasteiger partial charge is 0.265 e.